The van der Waals surface area contributed by atoms with Crippen LogP contribution in [0.25, 0.3) is 4.96 Å². The Balaban J connectivity index is 1.40. The molecular weight excluding hydrogens is 445 g/mol. The first kappa shape index (κ1) is 22.4. The number of fused-ring (bicyclic) bond motifs is 1. The summed E-state index contributed by atoms with van der Waals surface area (Å²) in [5.41, 5.74) is 0.888. The first-order valence-electron chi connectivity index (χ1n) is 10.0. The highest BCUT2D eigenvalue weighted by Crippen LogP contribution is 2.25. The van der Waals surface area contributed by atoms with Crippen molar-refractivity contribution in [2.75, 3.05) is 32.8 Å². The van der Waals surface area contributed by atoms with Gasteiger partial charge in [-0.2, -0.15) is 13.2 Å². The van der Waals surface area contributed by atoms with Gasteiger partial charge in [0.25, 0.3) is 11.5 Å². The summed E-state index contributed by atoms with van der Waals surface area (Å²) in [7, 11) is 0. The van der Waals surface area contributed by atoms with E-state index in [-0.39, 0.29) is 5.56 Å². The number of rotatable bonds is 6. The number of hydrogen-bond donors (Lipinski definition) is 0. The van der Waals surface area contributed by atoms with Gasteiger partial charge < -0.3 is 9.64 Å². The van der Waals surface area contributed by atoms with Crippen molar-refractivity contribution in [3.05, 3.63) is 69.6 Å². The topological polar surface area (TPSA) is 67.2 Å². The van der Waals surface area contributed by atoms with E-state index in [0.717, 1.165) is 0 Å². The minimum Gasteiger partial charge on any atom is -0.354 e. The molecule has 1 aliphatic heterocycles. The molecular formula is C21H21F3N4O3S. The third-order valence-corrected chi connectivity index (χ3v) is 5.92. The largest absolute Gasteiger partial charge is 0.411 e. The smallest absolute Gasteiger partial charge is 0.354 e. The summed E-state index contributed by atoms with van der Waals surface area (Å²) in [6.45, 7) is 0.675. The number of halogens is 3. The molecule has 4 rings (SSSR count). The van der Waals surface area contributed by atoms with Gasteiger partial charge in [-0.25, -0.2) is 4.98 Å². The number of nitrogens with zero attached hydrogens (tertiary/aromatic N) is 4. The molecule has 1 atom stereocenters. The van der Waals surface area contributed by atoms with Gasteiger partial charge in [0.2, 0.25) is 0 Å². The summed E-state index contributed by atoms with van der Waals surface area (Å²) in [6, 6.07) is 9.70. The summed E-state index contributed by atoms with van der Waals surface area (Å²) in [5, 5.41) is 1.79. The third kappa shape index (κ3) is 5.34. The second kappa shape index (κ2) is 9.39. The van der Waals surface area contributed by atoms with Crippen LogP contribution in [-0.4, -0.2) is 64.1 Å². The number of hydrogen-bond acceptors (Lipinski definition) is 6. The second-order valence-electron chi connectivity index (χ2n) is 7.46. The van der Waals surface area contributed by atoms with E-state index in [2.05, 4.69) is 9.88 Å². The predicted molar refractivity (Wildman–Crippen MR) is 112 cm³/mol. The highest BCUT2D eigenvalue weighted by atomic mass is 32.1. The number of benzene rings is 1. The molecule has 32 heavy (non-hydrogen) atoms. The molecule has 0 radical (unpaired) electrons. The van der Waals surface area contributed by atoms with Crippen molar-refractivity contribution in [2.24, 2.45) is 0 Å². The zero-order valence-corrected chi connectivity index (χ0v) is 17.8. The summed E-state index contributed by atoms with van der Waals surface area (Å²) < 4.78 is 44.6. The zero-order valence-electron chi connectivity index (χ0n) is 17.0. The Hall–Kier alpha value is -2.76. The van der Waals surface area contributed by atoms with Crippen molar-refractivity contribution in [3.8, 4) is 0 Å². The van der Waals surface area contributed by atoms with E-state index in [1.54, 1.807) is 41.9 Å². The lowest BCUT2D eigenvalue weighted by Gasteiger charge is -2.36. The third-order valence-electron chi connectivity index (χ3n) is 5.17. The molecule has 1 unspecified atom stereocenters. The summed E-state index contributed by atoms with van der Waals surface area (Å²) in [4.78, 5) is 33.8. The molecule has 0 N–H and O–H groups in total. The standard InChI is InChI=1S/C21H21F3N4O3S/c22-21(23,24)14-31-18(15-4-2-1-3-5-15)19(30)27-8-6-26(7-9-27)13-16-12-17(29)28-10-11-32-20(28)25-16/h1-5,10-12,18H,6-9,13-14H2. The van der Waals surface area contributed by atoms with Crippen LogP contribution in [-0.2, 0) is 16.1 Å². The average molecular weight is 466 g/mol. The lowest BCUT2D eigenvalue weighted by atomic mass is 10.1. The number of piperazine rings is 1. The van der Waals surface area contributed by atoms with Crippen LogP contribution in [0.1, 0.15) is 17.4 Å². The zero-order chi connectivity index (χ0) is 22.7. The molecule has 170 valence electrons. The van der Waals surface area contributed by atoms with Crippen molar-refractivity contribution in [3.63, 3.8) is 0 Å². The number of carbonyl (C=O) groups excluding carboxylic acids is 1. The molecule has 0 aliphatic carbocycles. The molecule has 0 spiro atoms. The molecule has 3 aromatic rings. The highest BCUT2D eigenvalue weighted by Gasteiger charge is 2.34. The molecule has 0 bridgehead atoms. The van der Waals surface area contributed by atoms with E-state index in [4.69, 9.17) is 4.74 Å². The van der Waals surface area contributed by atoms with E-state index in [1.165, 1.54) is 26.7 Å². The number of ether oxygens (including phenoxy) is 1. The lowest BCUT2D eigenvalue weighted by molar-refractivity contribution is -0.191. The SMILES string of the molecule is O=C(C(OCC(F)(F)F)c1ccccc1)N1CCN(Cc2cc(=O)n3ccsc3n2)CC1. The highest BCUT2D eigenvalue weighted by molar-refractivity contribution is 7.15. The summed E-state index contributed by atoms with van der Waals surface area (Å²) in [6.07, 6.45) is -4.16. The molecule has 1 fully saturated rings. The molecule has 2 aromatic heterocycles. The predicted octanol–water partition coefficient (Wildman–Crippen LogP) is 2.72. The second-order valence-corrected chi connectivity index (χ2v) is 8.33. The van der Waals surface area contributed by atoms with Gasteiger partial charge in [0.1, 0.15) is 6.61 Å². The van der Waals surface area contributed by atoms with E-state index >= 15 is 0 Å². The van der Waals surface area contributed by atoms with Crippen LogP contribution >= 0.6 is 11.3 Å². The van der Waals surface area contributed by atoms with Crippen LogP contribution < -0.4 is 5.56 Å². The number of amides is 1. The molecule has 0 saturated carbocycles. The van der Waals surface area contributed by atoms with Crippen LogP contribution in [0.15, 0.2) is 52.8 Å². The van der Waals surface area contributed by atoms with Crippen LogP contribution in [0.5, 0.6) is 0 Å². The van der Waals surface area contributed by atoms with E-state index in [1.807, 2.05) is 0 Å². The van der Waals surface area contributed by atoms with Crippen LogP contribution in [0.3, 0.4) is 0 Å². The van der Waals surface area contributed by atoms with Gasteiger partial charge in [0, 0.05) is 50.4 Å². The van der Waals surface area contributed by atoms with Crippen molar-refractivity contribution >= 4 is 22.2 Å². The van der Waals surface area contributed by atoms with Gasteiger partial charge in [-0.05, 0) is 5.56 Å². The molecule has 1 aromatic carbocycles. The molecule has 1 amide bonds. The molecule has 3 heterocycles. The van der Waals surface area contributed by atoms with Crippen LogP contribution in [0.4, 0.5) is 13.2 Å². The van der Waals surface area contributed by atoms with E-state index in [9.17, 15) is 22.8 Å². The van der Waals surface area contributed by atoms with Gasteiger partial charge in [-0.3, -0.25) is 18.9 Å². The maximum Gasteiger partial charge on any atom is 0.411 e. The molecule has 11 heteroatoms. The molecule has 1 saturated heterocycles. The Bertz CT molecular complexity index is 1120. The van der Waals surface area contributed by atoms with E-state index in [0.29, 0.717) is 48.9 Å². The Labute approximate surface area is 185 Å². The normalized spacial score (nSPS) is 16.4. The monoisotopic (exact) mass is 466 g/mol. The number of alkyl halides is 3. The quantitative estimate of drug-likeness (QED) is 0.559. The summed E-state index contributed by atoms with van der Waals surface area (Å²) in [5.74, 6) is -0.489. The Morgan fingerprint density at radius 3 is 2.56 bits per heavy atom. The fourth-order valence-electron chi connectivity index (χ4n) is 3.61. The van der Waals surface area contributed by atoms with Gasteiger partial charge >= 0.3 is 6.18 Å². The van der Waals surface area contributed by atoms with Crippen molar-refractivity contribution in [1.29, 1.82) is 0 Å². The fourth-order valence-corrected chi connectivity index (χ4v) is 4.34. The van der Waals surface area contributed by atoms with Crippen molar-refractivity contribution in [1.82, 2.24) is 19.2 Å². The van der Waals surface area contributed by atoms with Gasteiger partial charge in [0.15, 0.2) is 11.1 Å². The fraction of sp³-hybridized carbons (Fsp3) is 0.381. The van der Waals surface area contributed by atoms with Gasteiger partial charge in [0.05, 0.1) is 5.69 Å². The Morgan fingerprint density at radius 1 is 1.16 bits per heavy atom. The number of aromatic nitrogens is 2. The molecule has 1 aliphatic rings. The van der Waals surface area contributed by atoms with Crippen LogP contribution in [0, 0.1) is 0 Å². The maximum absolute atomic E-state index is 13.0. The summed E-state index contributed by atoms with van der Waals surface area (Å²) >= 11 is 1.38. The van der Waals surface area contributed by atoms with Crippen molar-refractivity contribution < 1.29 is 22.7 Å². The average Bonchev–Trinajstić information content (AvgIpc) is 3.23. The Kier molecular flexibility index (Phi) is 6.58. The van der Waals surface area contributed by atoms with Gasteiger partial charge in [-0.1, -0.05) is 30.3 Å². The van der Waals surface area contributed by atoms with Gasteiger partial charge in [-0.15, -0.1) is 11.3 Å². The number of thiazole rings is 1. The minimum atomic E-state index is -4.53. The lowest BCUT2D eigenvalue weighted by Crippen LogP contribution is -2.50. The maximum atomic E-state index is 13.0. The Morgan fingerprint density at radius 2 is 1.88 bits per heavy atom. The van der Waals surface area contributed by atoms with E-state index < -0.39 is 24.8 Å². The van der Waals surface area contributed by atoms with Crippen molar-refractivity contribution in [2.45, 2.75) is 18.8 Å². The minimum absolute atomic E-state index is 0.146. The number of carbonyl (C=O) groups is 1. The molecule has 7 nitrogen and oxygen atoms in total. The first-order valence-corrected chi connectivity index (χ1v) is 10.9. The van der Waals surface area contributed by atoms with Crippen LogP contribution in [0.2, 0.25) is 0 Å². The first-order chi connectivity index (χ1) is 15.3.